The van der Waals surface area contributed by atoms with Crippen molar-refractivity contribution in [3.05, 3.63) is 35.4 Å². The Morgan fingerprint density at radius 1 is 1.40 bits per heavy atom. The highest BCUT2D eigenvalue weighted by Gasteiger charge is 2.33. The van der Waals surface area contributed by atoms with E-state index in [1.807, 2.05) is 4.90 Å². The Bertz CT molecular complexity index is 509. The van der Waals surface area contributed by atoms with E-state index in [4.69, 9.17) is 16.0 Å². The summed E-state index contributed by atoms with van der Waals surface area (Å²) >= 11 is 0. The highest BCUT2D eigenvalue weighted by Crippen LogP contribution is 2.21. The van der Waals surface area contributed by atoms with E-state index >= 15 is 0 Å². The number of nitrogens with zero attached hydrogens (tertiary/aromatic N) is 2. The molecule has 1 saturated heterocycles. The summed E-state index contributed by atoms with van der Waals surface area (Å²) < 4.78 is 0. The van der Waals surface area contributed by atoms with E-state index in [2.05, 4.69) is 5.16 Å². The summed E-state index contributed by atoms with van der Waals surface area (Å²) in [6, 6.07) is 6.71. The van der Waals surface area contributed by atoms with E-state index in [1.54, 1.807) is 24.3 Å². The van der Waals surface area contributed by atoms with Gasteiger partial charge in [-0.3, -0.25) is 9.69 Å². The number of β-amino-alcohol motifs (C(OH)–C–C–N with tert-alkyl or cyclic N) is 1. The van der Waals surface area contributed by atoms with E-state index < -0.39 is 12.1 Å². The molecule has 0 saturated carbocycles. The number of nitrogens with two attached hydrogens (primary N) is 1. The van der Waals surface area contributed by atoms with Crippen LogP contribution in [-0.2, 0) is 4.79 Å². The van der Waals surface area contributed by atoms with E-state index in [-0.39, 0.29) is 11.8 Å². The van der Waals surface area contributed by atoms with Crippen molar-refractivity contribution >= 4 is 11.8 Å². The molecule has 5 N–H and O–H groups in total. The number of hydrogen-bond acceptors (Lipinski definition) is 5. The Morgan fingerprint density at radius 2 is 2.00 bits per heavy atom. The van der Waals surface area contributed by atoms with Crippen molar-refractivity contribution in [3.8, 4) is 0 Å². The van der Waals surface area contributed by atoms with Gasteiger partial charge in [-0.1, -0.05) is 29.4 Å². The molecule has 1 aromatic carbocycles. The summed E-state index contributed by atoms with van der Waals surface area (Å²) in [6.45, 7) is 1.33. The van der Waals surface area contributed by atoms with Crippen molar-refractivity contribution in [3.63, 3.8) is 0 Å². The van der Waals surface area contributed by atoms with Crippen LogP contribution in [0.2, 0.25) is 0 Å². The Morgan fingerprint density at radius 3 is 2.50 bits per heavy atom. The first-order valence-corrected chi connectivity index (χ1v) is 6.22. The van der Waals surface area contributed by atoms with Gasteiger partial charge < -0.3 is 21.2 Å². The largest absolute Gasteiger partial charge is 0.481 e. The SMILES string of the molecule is N/C(=N/O)c1ccc(C(O)CN2CC(C(=O)O)C2)cc1. The summed E-state index contributed by atoms with van der Waals surface area (Å²) in [7, 11) is 0. The molecular formula is C13H17N3O4. The molecule has 7 nitrogen and oxygen atoms in total. The van der Waals surface area contributed by atoms with Crippen LogP contribution in [0.3, 0.4) is 0 Å². The third-order valence-corrected chi connectivity index (χ3v) is 3.44. The summed E-state index contributed by atoms with van der Waals surface area (Å²) in [5.41, 5.74) is 6.72. The van der Waals surface area contributed by atoms with E-state index in [0.29, 0.717) is 30.8 Å². The van der Waals surface area contributed by atoms with Gasteiger partial charge in [0.1, 0.15) is 0 Å². The summed E-state index contributed by atoms with van der Waals surface area (Å²) in [5, 5.41) is 30.3. The lowest BCUT2D eigenvalue weighted by Crippen LogP contribution is -2.51. The fourth-order valence-electron chi connectivity index (χ4n) is 2.16. The van der Waals surface area contributed by atoms with E-state index in [1.165, 1.54) is 0 Å². The number of aliphatic hydroxyl groups is 1. The molecule has 1 aliphatic heterocycles. The molecule has 1 aromatic rings. The molecule has 108 valence electrons. The molecule has 0 bridgehead atoms. The first-order chi connectivity index (χ1) is 9.51. The molecule has 1 unspecified atom stereocenters. The summed E-state index contributed by atoms with van der Waals surface area (Å²) in [6.07, 6.45) is -0.689. The van der Waals surface area contributed by atoms with Crippen LogP contribution in [0.4, 0.5) is 0 Å². The minimum atomic E-state index is -0.793. The molecule has 2 rings (SSSR count). The maximum Gasteiger partial charge on any atom is 0.309 e. The lowest BCUT2D eigenvalue weighted by molar-refractivity contribution is -0.148. The molecule has 7 heteroatoms. The van der Waals surface area contributed by atoms with E-state index in [9.17, 15) is 9.90 Å². The number of aliphatic hydroxyl groups excluding tert-OH is 1. The van der Waals surface area contributed by atoms with Gasteiger partial charge in [0.2, 0.25) is 0 Å². The van der Waals surface area contributed by atoms with Gasteiger partial charge in [-0.05, 0) is 5.56 Å². The quantitative estimate of drug-likeness (QED) is 0.257. The number of rotatable bonds is 5. The van der Waals surface area contributed by atoms with Gasteiger partial charge >= 0.3 is 5.97 Å². The van der Waals surface area contributed by atoms with E-state index in [0.717, 1.165) is 0 Å². The topological polar surface area (TPSA) is 119 Å². The fourth-order valence-corrected chi connectivity index (χ4v) is 2.16. The Balaban J connectivity index is 1.90. The molecule has 1 heterocycles. The zero-order valence-corrected chi connectivity index (χ0v) is 10.8. The minimum Gasteiger partial charge on any atom is -0.481 e. The van der Waals surface area contributed by atoms with Gasteiger partial charge in [0.25, 0.3) is 0 Å². The third-order valence-electron chi connectivity index (χ3n) is 3.44. The zero-order chi connectivity index (χ0) is 14.7. The number of hydrogen-bond donors (Lipinski definition) is 4. The van der Waals surface area contributed by atoms with Gasteiger partial charge in [-0.25, -0.2) is 0 Å². The molecule has 1 fully saturated rings. The van der Waals surface area contributed by atoms with Crippen LogP contribution >= 0.6 is 0 Å². The van der Waals surface area contributed by atoms with Gasteiger partial charge in [0, 0.05) is 25.2 Å². The molecule has 20 heavy (non-hydrogen) atoms. The van der Waals surface area contributed by atoms with Crippen molar-refractivity contribution in [1.82, 2.24) is 4.90 Å². The number of oxime groups is 1. The highest BCUT2D eigenvalue weighted by molar-refractivity contribution is 5.96. The number of carbonyl (C=O) groups is 1. The van der Waals surface area contributed by atoms with Crippen molar-refractivity contribution in [1.29, 1.82) is 0 Å². The van der Waals surface area contributed by atoms with Crippen molar-refractivity contribution in [2.75, 3.05) is 19.6 Å². The Kier molecular flexibility index (Phi) is 4.21. The van der Waals surface area contributed by atoms with Crippen LogP contribution in [0.1, 0.15) is 17.2 Å². The molecule has 1 aliphatic rings. The molecule has 0 spiro atoms. The van der Waals surface area contributed by atoms with Crippen LogP contribution in [0.5, 0.6) is 0 Å². The molecular weight excluding hydrogens is 262 g/mol. The minimum absolute atomic E-state index is 0.0121. The molecule has 0 aliphatic carbocycles. The highest BCUT2D eigenvalue weighted by atomic mass is 16.4. The smallest absolute Gasteiger partial charge is 0.309 e. The van der Waals surface area contributed by atoms with Gasteiger partial charge in [0.15, 0.2) is 5.84 Å². The first-order valence-electron chi connectivity index (χ1n) is 6.22. The number of carboxylic acid groups (broad SMARTS) is 1. The maximum absolute atomic E-state index is 10.7. The number of carboxylic acids is 1. The lowest BCUT2D eigenvalue weighted by atomic mass is 9.98. The van der Waals surface area contributed by atoms with Gasteiger partial charge in [-0.15, -0.1) is 0 Å². The van der Waals surface area contributed by atoms with Crippen LogP contribution < -0.4 is 5.73 Å². The van der Waals surface area contributed by atoms with Crippen LogP contribution in [0, 0.1) is 5.92 Å². The Labute approximate surface area is 115 Å². The standard InChI is InChI=1S/C13H17N3O4/c14-12(15-20)9-3-1-8(2-4-9)11(17)7-16-5-10(6-16)13(18)19/h1-4,10-11,17,20H,5-7H2,(H2,14,15)(H,18,19). The second-order valence-electron chi connectivity index (χ2n) is 4.88. The lowest BCUT2D eigenvalue weighted by Gasteiger charge is -2.37. The molecule has 0 amide bonds. The second kappa shape index (κ2) is 5.89. The van der Waals surface area contributed by atoms with Crippen molar-refractivity contribution < 1.29 is 20.2 Å². The second-order valence-corrected chi connectivity index (χ2v) is 4.88. The van der Waals surface area contributed by atoms with Gasteiger partial charge in [-0.2, -0.15) is 0 Å². The van der Waals surface area contributed by atoms with Crippen LogP contribution in [0.15, 0.2) is 29.4 Å². The zero-order valence-electron chi connectivity index (χ0n) is 10.8. The predicted octanol–water partition coefficient (Wildman–Crippen LogP) is -0.169. The number of likely N-dealkylation sites (tertiary alicyclic amines) is 1. The van der Waals surface area contributed by atoms with Gasteiger partial charge in [0.05, 0.1) is 12.0 Å². The van der Waals surface area contributed by atoms with Crippen molar-refractivity contribution in [2.24, 2.45) is 16.8 Å². The third kappa shape index (κ3) is 3.06. The normalized spacial score (nSPS) is 18.6. The maximum atomic E-state index is 10.7. The predicted molar refractivity (Wildman–Crippen MR) is 71.5 cm³/mol. The molecule has 1 atom stereocenters. The fraction of sp³-hybridized carbons (Fsp3) is 0.385. The number of amidine groups is 1. The first kappa shape index (κ1) is 14.3. The monoisotopic (exact) mass is 279 g/mol. The average molecular weight is 279 g/mol. The number of benzene rings is 1. The van der Waals surface area contributed by atoms with Crippen LogP contribution in [-0.4, -0.2) is 51.8 Å². The number of aliphatic carboxylic acids is 1. The molecule has 0 radical (unpaired) electrons. The summed E-state index contributed by atoms with van der Waals surface area (Å²) in [5.74, 6) is -1.11. The Hall–Kier alpha value is -2.12. The van der Waals surface area contributed by atoms with Crippen LogP contribution in [0.25, 0.3) is 0 Å². The van der Waals surface area contributed by atoms with Crippen molar-refractivity contribution in [2.45, 2.75) is 6.10 Å². The summed E-state index contributed by atoms with van der Waals surface area (Å²) in [4.78, 5) is 12.6. The molecule has 0 aromatic heterocycles. The average Bonchev–Trinajstić information content (AvgIpc) is 2.40.